The Labute approximate surface area is 208 Å². The largest absolute Gasteiger partial charge is 0.475 e. The monoisotopic (exact) mass is 475 g/mol. The third-order valence-electron chi connectivity index (χ3n) is 6.54. The Bertz CT molecular complexity index is 1120. The number of hydrogen-bond acceptors (Lipinski definition) is 4. The molecule has 1 unspecified atom stereocenters. The van der Waals surface area contributed by atoms with Crippen molar-refractivity contribution in [2.75, 3.05) is 0 Å². The molecule has 0 amide bonds. The van der Waals surface area contributed by atoms with Crippen molar-refractivity contribution in [3.8, 4) is 0 Å². The number of aliphatic carboxylic acids is 1. The number of carboxylic acids is 1. The maximum absolute atomic E-state index is 13.1. The number of Topliss-reactive ketones (excluding diaryl/α,β-unsaturated/α-hetero) is 1. The fourth-order valence-corrected chi connectivity index (χ4v) is 4.41. The van der Waals surface area contributed by atoms with Crippen LogP contribution < -0.4 is 5.73 Å². The Morgan fingerprint density at radius 1 is 1.09 bits per heavy atom. The van der Waals surface area contributed by atoms with E-state index < -0.39 is 29.5 Å². The van der Waals surface area contributed by atoms with Gasteiger partial charge in [0.2, 0.25) is 5.78 Å². The van der Waals surface area contributed by atoms with Crippen LogP contribution in [0.3, 0.4) is 0 Å². The van der Waals surface area contributed by atoms with Crippen LogP contribution in [0.1, 0.15) is 65.9 Å². The fraction of sp³-hybridized carbons (Fsp3) is 0.367. The van der Waals surface area contributed by atoms with Crippen molar-refractivity contribution in [3.63, 3.8) is 0 Å². The minimum Gasteiger partial charge on any atom is -0.475 e. The summed E-state index contributed by atoms with van der Waals surface area (Å²) in [7, 11) is 0. The Kier molecular flexibility index (Phi) is 9.49. The zero-order chi connectivity index (χ0) is 26.2. The summed E-state index contributed by atoms with van der Waals surface area (Å²) in [6, 6.07) is 8.38. The van der Waals surface area contributed by atoms with Crippen LogP contribution in [-0.2, 0) is 19.9 Å². The standard InChI is InChI=1S/C30H37NO4/c1-21(16-17-25-23(3)13-10-18-29(25,4)5)11-9-12-22(2)19-27(33)30(31,20-26(32)28(34)35)24-14-7-6-8-15-24/h6-9,11-12,14-17,19H,10,13,18,20,31H2,1-5H3,(H,34,35)/b12-9+,17-16+,21-11+,22-19+. The second kappa shape index (κ2) is 11.9. The molecule has 1 aliphatic carbocycles. The van der Waals surface area contributed by atoms with Crippen molar-refractivity contribution in [2.45, 2.75) is 65.8 Å². The highest BCUT2D eigenvalue weighted by atomic mass is 16.4. The summed E-state index contributed by atoms with van der Waals surface area (Å²) < 4.78 is 0. The van der Waals surface area contributed by atoms with E-state index in [2.05, 4.69) is 32.9 Å². The highest BCUT2D eigenvalue weighted by molar-refractivity contribution is 6.33. The van der Waals surface area contributed by atoms with Gasteiger partial charge in [0.15, 0.2) is 5.78 Å². The molecular weight excluding hydrogens is 438 g/mol. The van der Waals surface area contributed by atoms with E-state index in [1.807, 2.05) is 19.1 Å². The molecule has 0 heterocycles. The molecule has 0 bridgehead atoms. The second-order valence-electron chi connectivity index (χ2n) is 10.0. The summed E-state index contributed by atoms with van der Waals surface area (Å²) in [5, 5.41) is 9.04. The minimum absolute atomic E-state index is 0.185. The SMILES string of the molecule is CC1=C(/C=C/C(C)=C/C=C/C(C)=C/C(=O)C(N)(CC(=O)C(=O)O)c2ccccc2)C(C)(C)CCC1. The van der Waals surface area contributed by atoms with E-state index in [4.69, 9.17) is 10.8 Å². The zero-order valence-electron chi connectivity index (χ0n) is 21.4. The Balaban J connectivity index is 2.19. The van der Waals surface area contributed by atoms with Gasteiger partial charge in [0.05, 0.1) is 0 Å². The first-order valence-electron chi connectivity index (χ1n) is 11.9. The summed E-state index contributed by atoms with van der Waals surface area (Å²) in [4.78, 5) is 36.1. The lowest BCUT2D eigenvalue weighted by atomic mass is 9.72. The van der Waals surface area contributed by atoms with Gasteiger partial charge in [-0.2, -0.15) is 0 Å². The summed E-state index contributed by atoms with van der Waals surface area (Å²) in [5.41, 5.74) is 9.73. The zero-order valence-corrected chi connectivity index (χ0v) is 21.4. The Hall–Kier alpha value is -3.31. The average Bonchev–Trinajstić information content (AvgIpc) is 2.78. The number of ketones is 2. The molecule has 186 valence electrons. The number of carbonyl (C=O) groups excluding carboxylic acids is 2. The molecule has 5 nitrogen and oxygen atoms in total. The van der Waals surface area contributed by atoms with E-state index in [1.165, 1.54) is 30.1 Å². The van der Waals surface area contributed by atoms with Crippen molar-refractivity contribution < 1.29 is 19.5 Å². The number of nitrogens with two attached hydrogens (primary N) is 1. The molecule has 1 aromatic carbocycles. The summed E-state index contributed by atoms with van der Waals surface area (Å²) in [6.07, 6.45) is 14.2. The maximum Gasteiger partial charge on any atom is 0.372 e. The quantitative estimate of drug-likeness (QED) is 0.246. The van der Waals surface area contributed by atoms with Crippen molar-refractivity contribution in [2.24, 2.45) is 11.1 Å². The molecule has 2 rings (SSSR count). The fourth-order valence-electron chi connectivity index (χ4n) is 4.41. The third-order valence-corrected chi connectivity index (χ3v) is 6.54. The van der Waals surface area contributed by atoms with Gasteiger partial charge in [-0.3, -0.25) is 9.59 Å². The summed E-state index contributed by atoms with van der Waals surface area (Å²) >= 11 is 0. The van der Waals surface area contributed by atoms with E-state index in [0.29, 0.717) is 11.1 Å². The van der Waals surface area contributed by atoms with Crippen molar-refractivity contribution in [1.29, 1.82) is 0 Å². The van der Waals surface area contributed by atoms with Gasteiger partial charge in [0.1, 0.15) is 5.54 Å². The Morgan fingerprint density at radius 2 is 1.74 bits per heavy atom. The molecule has 1 aromatic rings. The Morgan fingerprint density at radius 3 is 2.34 bits per heavy atom. The van der Waals surface area contributed by atoms with Crippen LogP contribution in [0.5, 0.6) is 0 Å². The topological polar surface area (TPSA) is 97.5 Å². The molecule has 1 aliphatic rings. The van der Waals surface area contributed by atoms with E-state index in [1.54, 1.807) is 43.3 Å². The maximum atomic E-state index is 13.1. The van der Waals surface area contributed by atoms with Gasteiger partial charge < -0.3 is 10.8 Å². The minimum atomic E-state index is -1.75. The second-order valence-corrected chi connectivity index (χ2v) is 10.0. The number of hydrogen-bond donors (Lipinski definition) is 2. The molecule has 0 aliphatic heterocycles. The number of rotatable bonds is 10. The lowest BCUT2D eigenvalue weighted by Crippen LogP contribution is -2.47. The first kappa shape index (κ1) is 27.9. The lowest BCUT2D eigenvalue weighted by Gasteiger charge is -2.32. The number of allylic oxidation sites excluding steroid dienone is 9. The summed E-state index contributed by atoms with van der Waals surface area (Å²) in [6.45, 7) is 10.6. The molecule has 0 saturated heterocycles. The van der Waals surface area contributed by atoms with Gasteiger partial charge in [-0.25, -0.2) is 4.79 Å². The van der Waals surface area contributed by atoms with E-state index in [9.17, 15) is 14.4 Å². The molecular formula is C30H37NO4. The molecule has 0 aromatic heterocycles. The van der Waals surface area contributed by atoms with E-state index >= 15 is 0 Å². The molecule has 5 heteroatoms. The van der Waals surface area contributed by atoms with Gasteiger partial charge in [-0.05, 0) is 68.2 Å². The molecule has 0 radical (unpaired) electrons. The van der Waals surface area contributed by atoms with Crippen LogP contribution in [0.4, 0.5) is 0 Å². The smallest absolute Gasteiger partial charge is 0.372 e. The summed E-state index contributed by atoms with van der Waals surface area (Å²) in [5.74, 6) is -3.24. The number of carbonyl (C=O) groups is 3. The van der Waals surface area contributed by atoms with E-state index in [0.717, 1.165) is 12.0 Å². The van der Waals surface area contributed by atoms with Gasteiger partial charge in [-0.15, -0.1) is 0 Å². The van der Waals surface area contributed by atoms with Crippen LogP contribution in [-0.4, -0.2) is 22.6 Å². The molecule has 35 heavy (non-hydrogen) atoms. The third kappa shape index (κ3) is 7.59. The van der Waals surface area contributed by atoms with Gasteiger partial charge >= 0.3 is 5.97 Å². The first-order chi connectivity index (χ1) is 16.4. The van der Waals surface area contributed by atoms with Crippen molar-refractivity contribution >= 4 is 17.5 Å². The predicted molar refractivity (Wildman–Crippen MR) is 141 cm³/mol. The highest BCUT2D eigenvalue weighted by Crippen LogP contribution is 2.40. The molecule has 1 atom stereocenters. The molecule has 3 N–H and O–H groups in total. The highest BCUT2D eigenvalue weighted by Gasteiger charge is 2.38. The molecule has 0 spiro atoms. The lowest BCUT2D eigenvalue weighted by molar-refractivity contribution is -0.150. The van der Waals surface area contributed by atoms with Crippen LogP contribution in [0.25, 0.3) is 0 Å². The van der Waals surface area contributed by atoms with Crippen LogP contribution in [0.15, 0.2) is 89.1 Å². The number of benzene rings is 1. The average molecular weight is 476 g/mol. The van der Waals surface area contributed by atoms with E-state index in [-0.39, 0.29) is 5.41 Å². The molecule has 0 fully saturated rings. The predicted octanol–water partition coefficient (Wildman–Crippen LogP) is 5.99. The van der Waals surface area contributed by atoms with Crippen molar-refractivity contribution in [1.82, 2.24) is 0 Å². The van der Waals surface area contributed by atoms with Gasteiger partial charge in [0, 0.05) is 6.42 Å². The first-order valence-corrected chi connectivity index (χ1v) is 11.9. The van der Waals surface area contributed by atoms with Crippen LogP contribution in [0, 0.1) is 5.41 Å². The number of carboxylic acid groups (broad SMARTS) is 1. The van der Waals surface area contributed by atoms with Crippen LogP contribution >= 0.6 is 0 Å². The van der Waals surface area contributed by atoms with Crippen LogP contribution in [0.2, 0.25) is 0 Å². The molecule has 0 saturated carbocycles. The van der Waals surface area contributed by atoms with Gasteiger partial charge in [-0.1, -0.05) is 85.7 Å². The van der Waals surface area contributed by atoms with Crippen molar-refractivity contribution in [3.05, 3.63) is 94.6 Å². The normalized spacial score (nSPS) is 18.7. The van der Waals surface area contributed by atoms with Gasteiger partial charge in [0.25, 0.3) is 0 Å².